The van der Waals surface area contributed by atoms with Crippen LogP contribution in [0, 0.1) is 0 Å². The first-order valence-corrected chi connectivity index (χ1v) is 6.18. The highest BCUT2D eigenvalue weighted by Gasteiger charge is 2.21. The molecule has 0 atom stereocenters. The Hall–Kier alpha value is -2.82. The molecule has 3 rings (SSSR count). The minimum Gasteiger partial charge on any atom is -0.481 e. The van der Waals surface area contributed by atoms with Crippen LogP contribution in [0.15, 0.2) is 30.3 Å². The van der Waals surface area contributed by atoms with E-state index in [0.717, 1.165) is 11.1 Å². The molecular weight excluding hydrogens is 254 g/mol. The Labute approximate surface area is 115 Å². The SMILES string of the molecule is C[n+]1c(N)[nH]c(O)c1C=C1C(=O)C=Cc2ccccc21. The lowest BCUT2D eigenvalue weighted by molar-refractivity contribution is -0.657. The molecule has 1 aliphatic rings. The fourth-order valence-electron chi connectivity index (χ4n) is 2.28. The first-order valence-electron chi connectivity index (χ1n) is 6.18. The molecule has 100 valence electrons. The highest BCUT2D eigenvalue weighted by Crippen LogP contribution is 2.29. The maximum atomic E-state index is 12.1. The number of carbonyl (C=O) groups excluding carboxylic acids is 1. The molecule has 1 aliphatic carbocycles. The van der Waals surface area contributed by atoms with E-state index in [1.165, 1.54) is 6.08 Å². The molecule has 1 aromatic carbocycles. The number of nitrogens with zero attached hydrogens (tertiary/aromatic N) is 1. The number of rotatable bonds is 1. The van der Waals surface area contributed by atoms with Crippen molar-refractivity contribution in [1.29, 1.82) is 0 Å². The van der Waals surface area contributed by atoms with Crippen molar-refractivity contribution in [3.05, 3.63) is 47.2 Å². The van der Waals surface area contributed by atoms with Crippen LogP contribution in [0.1, 0.15) is 16.8 Å². The number of nitrogens with two attached hydrogens (primary N) is 1. The second-order valence-corrected chi connectivity index (χ2v) is 4.65. The first-order chi connectivity index (χ1) is 9.58. The number of ketones is 1. The van der Waals surface area contributed by atoms with E-state index in [2.05, 4.69) is 4.98 Å². The molecule has 1 heterocycles. The summed E-state index contributed by atoms with van der Waals surface area (Å²) in [5.74, 6) is 0.168. The van der Waals surface area contributed by atoms with E-state index >= 15 is 0 Å². The number of carbonyl (C=O) groups is 1. The molecule has 0 fully saturated rings. The van der Waals surface area contributed by atoms with Crippen LogP contribution in [-0.4, -0.2) is 15.9 Å². The van der Waals surface area contributed by atoms with Gasteiger partial charge in [0.2, 0.25) is 0 Å². The zero-order valence-electron chi connectivity index (χ0n) is 10.9. The van der Waals surface area contributed by atoms with Gasteiger partial charge in [0.1, 0.15) is 0 Å². The largest absolute Gasteiger partial charge is 0.481 e. The second-order valence-electron chi connectivity index (χ2n) is 4.65. The Bertz CT molecular complexity index is 769. The molecule has 0 saturated heterocycles. The normalized spacial score (nSPS) is 15.7. The quantitative estimate of drug-likeness (QED) is 0.538. The lowest BCUT2D eigenvalue weighted by Crippen LogP contribution is -2.32. The summed E-state index contributed by atoms with van der Waals surface area (Å²) in [6.07, 6.45) is 4.97. The number of allylic oxidation sites excluding steroid dienone is 2. The zero-order valence-corrected chi connectivity index (χ0v) is 10.9. The number of aromatic amines is 1. The number of benzene rings is 1. The van der Waals surface area contributed by atoms with E-state index in [1.807, 2.05) is 24.3 Å². The van der Waals surface area contributed by atoms with Crippen molar-refractivity contribution in [3.63, 3.8) is 0 Å². The molecule has 2 aromatic rings. The van der Waals surface area contributed by atoms with Gasteiger partial charge in [0.15, 0.2) is 11.5 Å². The zero-order chi connectivity index (χ0) is 14.3. The fraction of sp³-hybridized carbons (Fsp3) is 0.0667. The van der Waals surface area contributed by atoms with Crippen molar-refractivity contribution in [1.82, 2.24) is 4.98 Å². The number of aromatic nitrogens is 2. The molecule has 20 heavy (non-hydrogen) atoms. The van der Waals surface area contributed by atoms with Crippen molar-refractivity contribution < 1.29 is 14.5 Å². The van der Waals surface area contributed by atoms with E-state index in [9.17, 15) is 9.90 Å². The monoisotopic (exact) mass is 268 g/mol. The molecule has 0 bridgehead atoms. The standard InChI is InChI=1S/C15H13N3O2/c1-18-12(14(20)17-15(18)16)8-11-10-5-3-2-4-9(10)6-7-13(11)19/h2-8H,1H3,(H3,16,17,19,20)/p+1. The van der Waals surface area contributed by atoms with Gasteiger partial charge in [-0.15, -0.1) is 0 Å². The number of anilines is 1. The van der Waals surface area contributed by atoms with Gasteiger partial charge in [0.25, 0.3) is 5.88 Å². The van der Waals surface area contributed by atoms with E-state index in [1.54, 1.807) is 23.8 Å². The molecule has 1 aromatic heterocycles. The average Bonchev–Trinajstić information content (AvgIpc) is 2.68. The van der Waals surface area contributed by atoms with E-state index in [0.29, 0.717) is 17.2 Å². The van der Waals surface area contributed by atoms with Crippen molar-refractivity contribution in [2.75, 3.05) is 5.73 Å². The second kappa shape index (κ2) is 4.38. The molecule has 5 nitrogen and oxygen atoms in total. The third-order valence-corrected chi connectivity index (χ3v) is 3.42. The summed E-state index contributed by atoms with van der Waals surface area (Å²) in [5, 5.41) is 9.85. The van der Waals surface area contributed by atoms with Gasteiger partial charge >= 0.3 is 5.95 Å². The summed E-state index contributed by atoms with van der Waals surface area (Å²) in [6.45, 7) is 0. The van der Waals surface area contributed by atoms with Gasteiger partial charge < -0.3 is 5.11 Å². The molecule has 0 saturated carbocycles. The Kier molecular flexibility index (Phi) is 2.68. The third kappa shape index (κ3) is 1.80. The van der Waals surface area contributed by atoms with Gasteiger partial charge in [-0.1, -0.05) is 30.3 Å². The summed E-state index contributed by atoms with van der Waals surface area (Å²) in [7, 11) is 1.72. The van der Waals surface area contributed by atoms with Crippen LogP contribution in [0.2, 0.25) is 0 Å². The summed E-state index contributed by atoms with van der Waals surface area (Å²) in [5.41, 5.74) is 8.52. The van der Waals surface area contributed by atoms with Gasteiger partial charge in [0, 0.05) is 5.57 Å². The Morgan fingerprint density at radius 2 is 2.05 bits per heavy atom. The number of hydrogen-bond donors (Lipinski definition) is 3. The van der Waals surface area contributed by atoms with Crippen molar-refractivity contribution >= 4 is 29.5 Å². The Morgan fingerprint density at radius 3 is 2.75 bits per heavy atom. The minimum absolute atomic E-state index is 0.0580. The van der Waals surface area contributed by atoms with Crippen LogP contribution in [0.5, 0.6) is 5.88 Å². The molecule has 0 spiro atoms. The first kappa shape index (κ1) is 12.2. The van der Waals surface area contributed by atoms with Gasteiger partial charge in [0.05, 0.1) is 7.05 Å². The summed E-state index contributed by atoms with van der Waals surface area (Å²) in [6, 6.07) is 7.62. The summed E-state index contributed by atoms with van der Waals surface area (Å²) >= 11 is 0. The van der Waals surface area contributed by atoms with Gasteiger partial charge in [-0.25, -0.2) is 9.55 Å². The molecular formula is C15H14N3O2+. The number of H-pyrrole nitrogens is 1. The predicted molar refractivity (Wildman–Crippen MR) is 76.4 cm³/mol. The van der Waals surface area contributed by atoms with Crippen LogP contribution in [0.3, 0.4) is 0 Å². The maximum absolute atomic E-state index is 12.1. The van der Waals surface area contributed by atoms with Gasteiger partial charge in [-0.3, -0.25) is 10.5 Å². The average molecular weight is 268 g/mol. The number of aromatic hydroxyl groups is 1. The number of imidazole rings is 1. The number of fused-ring (bicyclic) bond motifs is 1. The van der Waals surface area contributed by atoms with E-state index in [4.69, 9.17) is 5.73 Å². The predicted octanol–water partition coefficient (Wildman–Crippen LogP) is 1.26. The van der Waals surface area contributed by atoms with Crippen LogP contribution < -0.4 is 10.3 Å². The van der Waals surface area contributed by atoms with Crippen molar-refractivity contribution in [3.8, 4) is 5.88 Å². The fourth-order valence-corrected chi connectivity index (χ4v) is 2.28. The molecule has 0 radical (unpaired) electrons. The third-order valence-electron chi connectivity index (χ3n) is 3.42. The summed E-state index contributed by atoms with van der Waals surface area (Å²) in [4.78, 5) is 14.7. The van der Waals surface area contributed by atoms with Crippen molar-refractivity contribution in [2.24, 2.45) is 7.05 Å². The van der Waals surface area contributed by atoms with Crippen LogP contribution in [-0.2, 0) is 11.8 Å². The molecule has 5 heteroatoms. The topological polar surface area (TPSA) is 83.0 Å². The van der Waals surface area contributed by atoms with Crippen molar-refractivity contribution in [2.45, 2.75) is 0 Å². The van der Waals surface area contributed by atoms with Gasteiger partial charge in [-0.05, 0) is 23.3 Å². The van der Waals surface area contributed by atoms with Crippen LogP contribution in [0.4, 0.5) is 5.95 Å². The van der Waals surface area contributed by atoms with Crippen LogP contribution in [0.25, 0.3) is 17.7 Å². The molecule has 0 unspecified atom stereocenters. The minimum atomic E-state index is -0.0946. The Morgan fingerprint density at radius 1 is 1.30 bits per heavy atom. The van der Waals surface area contributed by atoms with Crippen LogP contribution >= 0.6 is 0 Å². The lowest BCUT2D eigenvalue weighted by Gasteiger charge is -2.12. The Balaban J connectivity index is 2.20. The number of nitrogen functional groups attached to an aromatic ring is 1. The molecule has 0 amide bonds. The molecule has 4 N–H and O–H groups in total. The van der Waals surface area contributed by atoms with E-state index in [-0.39, 0.29) is 11.7 Å². The van der Waals surface area contributed by atoms with Gasteiger partial charge in [-0.2, -0.15) is 0 Å². The van der Waals surface area contributed by atoms with E-state index < -0.39 is 0 Å². The highest BCUT2D eigenvalue weighted by molar-refractivity contribution is 6.33. The number of hydrogen-bond acceptors (Lipinski definition) is 3. The molecule has 0 aliphatic heterocycles. The highest BCUT2D eigenvalue weighted by atomic mass is 16.3. The number of nitrogens with one attached hydrogen (secondary N) is 1. The lowest BCUT2D eigenvalue weighted by atomic mass is 9.91. The summed E-state index contributed by atoms with van der Waals surface area (Å²) < 4.78 is 1.59. The maximum Gasteiger partial charge on any atom is 0.355 e. The smallest absolute Gasteiger partial charge is 0.355 e.